The van der Waals surface area contributed by atoms with E-state index in [1.165, 1.54) is 4.31 Å². The van der Waals surface area contributed by atoms with E-state index >= 15 is 0 Å². The molecule has 1 aromatic rings. The molecule has 0 radical (unpaired) electrons. The van der Waals surface area contributed by atoms with Gasteiger partial charge in [-0.1, -0.05) is 6.07 Å². The van der Waals surface area contributed by atoms with Crippen LogP contribution in [0, 0.1) is 13.8 Å². The molecule has 1 aliphatic rings. The van der Waals surface area contributed by atoms with Crippen molar-refractivity contribution in [1.82, 2.24) is 4.31 Å². The highest BCUT2D eigenvalue weighted by molar-refractivity contribution is 7.89. The van der Waals surface area contributed by atoms with E-state index in [0.29, 0.717) is 17.9 Å². The summed E-state index contributed by atoms with van der Waals surface area (Å²) in [5.41, 5.74) is 2.04. The first-order valence-corrected chi connectivity index (χ1v) is 7.11. The third-order valence-corrected chi connectivity index (χ3v) is 5.10. The third kappa shape index (κ3) is 2.36. The van der Waals surface area contributed by atoms with E-state index in [0.717, 1.165) is 11.1 Å². The van der Waals surface area contributed by atoms with Crippen molar-refractivity contribution in [2.45, 2.75) is 31.3 Å². The Balaban J connectivity index is 2.35. The van der Waals surface area contributed by atoms with Crippen molar-refractivity contribution in [3.05, 3.63) is 29.3 Å². The summed E-state index contributed by atoms with van der Waals surface area (Å²) in [7, 11) is -3.44. The second kappa shape index (κ2) is 4.40. The molecule has 1 saturated heterocycles. The van der Waals surface area contributed by atoms with Crippen LogP contribution in [0.25, 0.3) is 0 Å². The van der Waals surface area contributed by atoms with Crippen LogP contribution < -0.4 is 0 Å². The van der Waals surface area contributed by atoms with E-state index in [9.17, 15) is 13.5 Å². The Hall–Kier alpha value is -0.910. The van der Waals surface area contributed by atoms with E-state index in [1.54, 1.807) is 12.1 Å². The zero-order chi connectivity index (χ0) is 12.6. The van der Waals surface area contributed by atoms with Crippen molar-refractivity contribution in [2.75, 3.05) is 13.1 Å². The van der Waals surface area contributed by atoms with Crippen molar-refractivity contribution in [3.63, 3.8) is 0 Å². The summed E-state index contributed by atoms with van der Waals surface area (Å²) >= 11 is 0. The second-order valence-corrected chi connectivity index (χ2v) is 6.49. The Morgan fingerprint density at radius 3 is 2.53 bits per heavy atom. The topological polar surface area (TPSA) is 57.6 Å². The Morgan fingerprint density at radius 1 is 1.29 bits per heavy atom. The van der Waals surface area contributed by atoms with Crippen LogP contribution in [0.2, 0.25) is 0 Å². The zero-order valence-corrected chi connectivity index (χ0v) is 10.9. The maximum atomic E-state index is 12.3. The molecular weight excluding hydrogens is 238 g/mol. The van der Waals surface area contributed by atoms with E-state index in [1.807, 2.05) is 19.9 Å². The molecule has 1 aromatic carbocycles. The zero-order valence-electron chi connectivity index (χ0n) is 10.0. The van der Waals surface area contributed by atoms with Gasteiger partial charge in [-0.2, -0.15) is 4.31 Å². The molecule has 0 aliphatic carbocycles. The normalized spacial score (nSPS) is 21.9. The van der Waals surface area contributed by atoms with Crippen molar-refractivity contribution in [3.8, 4) is 0 Å². The molecule has 5 heteroatoms. The largest absolute Gasteiger partial charge is 0.392 e. The predicted molar refractivity (Wildman–Crippen MR) is 65.3 cm³/mol. The van der Waals surface area contributed by atoms with Crippen LogP contribution >= 0.6 is 0 Å². The van der Waals surface area contributed by atoms with Gasteiger partial charge >= 0.3 is 0 Å². The highest BCUT2D eigenvalue weighted by atomic mass is 32.2. The van der Waals surface area contributed by atoms with Crippen LogP contribution in [0.3, 0.4) is 0 Å². The quantitative estimate of drug-likeness (QED) is 0.859. The van der Waals surface area contributed by atoms with Gasteiger partial charge in [0.05, 0.1) is 11.0 Å². The van der Waals surface area contributed by atoms with Crippen LogP contribution in [-0.2, 0) is 10.0 Å². The van der Waals surface area contributed by atoms with Crippen LogP contribution in [0.4, 0.5) is 0 Å². The first kappa shape index (κ1) is 12.5. The molecule has 1 atom stereocenters. The number of nitrogens with zero attached hydrogens (tertiary/aromatic N) is 1. The lowest BCUT2D eigenvalue weighted by Gasteiger charge is -2.16. The Labute approximate surface area is 102 Å². The first-order valence-electron chi connectivity index (χ1n) is 5.67. The van der Waals surface area contributed by atoms with Crippen LogP contribution in [-0.4, -0.2) is 37.0 Å². The summed E-state index contributed by atoms with van der Waals surface area (Å²) in [6.07, 6.45) is -0.0133. The molecule has 0 bridgehead atoms. The monoisotopic (exact) mass is 255 g/mol. The summed E-state index contributed by atoms with van der Waals surface area (Å²) in [6, 6.07) is 5.13. The molecule has 1 heterocycles. The van der Waals surface area contributed by atoms with Gasteiger partial charge in [-0.15, -0.1) is 0 Å². The lowest BCUT2D eigenvalue weighted by molar-refractivity contribution is 0.189. The molecule has 4 nitrogen and oxygen atoms in total. The lowest BCUT2D eigenvalue weighted by Crippen LogP contribution is -2.29. The SMILES string of the molecule is Cc1ccc(S(=O)(=O)N2CC[C@@H](O)C2)cc1C. The Bertz CT molecular complexity index is 525. The second-order valence-electron chi connectivity index (χ2n) is 4.55. The van der Waals surface area contributed by atoms with Gasteiger partial charge in [0.15, 0.2) is 0 Å². The molecule has 0 aromatic heterocycles. The summed E-state index contributed by atoms with van der Waals surface area (Å²) in [6.45, 7) is 4.45. The van der Waals surface area contributed by atoms with Crippen molar-refractivity contribution < 1.29 is 13.5 Å². The molecule has 17 heavy (non-hydrogen) atoms. The molecule has 0 amide bonds. The fourth-order valence-corrected chi connectivity index (χ4v) is 3.53. The minimum atomic E-state index is -3.44. The Morgan fingerprint density at radius 2 is 2.00 bits per heavy atom. The highest BCUT2D eigenvalue weighted by Crippen LogP contribution is 2.22. The van der Waals surface area contributed by atoms with Gasteiger partial charge in [0.25, 0.3) is 0 Å². The summed E-state index contributed by atoms with van der Waals surface area (Å²) in [5, 5.41) is 9.40. The number of β-amino-alcohol motifs (C(OH)–C–C–N with tert-alkyl or cyclic N) is 1. The number of aliphatic hydroxyl groups excluding tert-OH is 1. The first-order chi connectivity index (χ1) is 7.91. The number of aliphatic hydroxyl groups is 1. The molecular formula is C12H17NO3S. The highest BCUT2D eigenvalue weighted by Gasteiger charge is 2.31. The van der Waals surface area contributed by atoms with Crippen LogP contribution in [0.5, 0.6) is 0 Å². The summed E-state index contributed by atoms with van der Waals surface area (Å²) in [5.74, 6) is 0. The number of benzene rings is 1. The van der Waals surface area contributed by atoms with Gasteiger partial charge in [0.2, 0.25) is 10.0 Å². The number of hydrogen-bond acceptors (Lipinski definition) is 3. The van der Waals surface area contributed by atoms with Gasteiger partial charge in [-0.3, -0.25) is 0 Å². The average Bonchev–Trinajstić information content (AvgIpc) is 2.69. The van der Waals surface area contributed by atoms with Gasteiger partial charge in [-0.05, 0) is 43.5 Å². The van der Waals surface area contributed by atoms with E-state index < -0.39 is 16.1 Å². The molecule has 0 saturated carbocycles. The van der Waals surface area contributed by atoms with Crippen LogP contribution in [0.15, 0.2) is 23.1 Å². The Kier molecular flexibility index (Phi) is 3.25. The standard InChI is InChI=1S/C12H17NO3S/c1-9-3-4-12(7-10(9)2)17(15,16)13-6-5-11(14)8-13/h3-4,7,11,14H,5-6,8H2,1-2H3/t11-/m1/s1. The van der Waals surface area contributed by atoms with Gasteiger partial charge in [-0.25, -0.2) is 8.42 Å². The van der Waals surface area contributed by atoms with Crippen LogP contribution in [0.1, 0.15) is 17.5 Å². The molecule has 2 rings (SSSR count). The molecule has 1 N–H and O–H groups in total. The minimum Gasteiger partial charge on any atom is -0.392 e. The summed E-state index contributed by atoms with van der Waals surface area (Å²) < 4.78 is 25.9. The van der Waals surface area contributed by atoms with E-state index in [-0.39, 0.29) is 6.54 Å². The molecule has 0 spiro atoms. The smallest absolute Gasteiger partial charge is 0.243 e. The average molecular weight is 255 g/mol. The number of sulfonamides is 1. The lowest BCUT2D eigenvalue weighted by atomic mass is 10.1. The third-order valence-electron chi connectivity index (χ3n) is 3.24. The van der Waals surface area contributed by atoms with Gasteiger partial charge in [0, 0.05) is 13.1 Å². The molecule has 94 valence electrons. The molecule has 1 aliphatic heterocycles. The van der Waals surface area contributed by atoms with Gasteiger partial charge < -0.3 is 5.11 Å². The van der Waals surface area contributed by atoms with E-state index in [4.69, 9.17) is 0 Å². The molecule has 0 unspecified atom stereocenters. The number of rotatable bonds is 2. The predicted octanol–water partition coefficient (Wildman–Crippen LogP) is 1.06. The number of aryl methyl sites for hydroxylation is 2. The number of hydrogen-bond donors (Lipinski definition) is 1. The summed E-state index contributed by atoms with van der Waals surface area (Å²) in [4.78, 5) is 0.315. The van der Waals surface area contributed by atoms with E-state index in [2.05, 4.69) is 0 Å². The van der Waals surface area contributed by atoms with Gasteiger partial charge in [0.1, 0.15) is 0 Å². The maximum absolute atomic E-state index is 12.3. The maximum Gasteiger partial charge on any atom is 0.243 e. The minimum absolute atomic E-state index is 0.204. The van der Waals surface area contributed by atoms with Crippen molar-refractivity contribution >= 4 is 10.0 Å². The molecule has 1 fully saturated rings. The van der Waals surface area contributed by atoms with Crippen molar-refractivity contribution in [2.24, 2.45) is 0 Å². The fourth-order valence-electron chi connectivity index (χ4n) is 1.95. The van der Waals surface area contributed by atoms with Crippen molar-refractivity contribution in [1.29, 1.82) is 0 Å². The fraction of sp³-hybridized carbons (Fsp3) is 0.500.